The summed E-state index contributed by atoms with van der Waals surface area (Å²) in [4.78, 5) is 15.4. The summed E-state index contributed by atoms with van der Waals surface area (Å²) in [6, 6.07) is 1.99. The predicted molar refractivity (Wildman–Crippen MR) is 63.1 cm³/mol. The number of hydrogen-bond donors (Lipinski definition) is 1. The molecule has 0 aromatic carbocycles. The van der Waals surface area contributed by atoms with Gasteiger partial charge >= 0.3 is 11.8 Å². The Kier molecular flexibility index (Phi) is 3.40. The van der Waals surface area contributed by atoms with Gasteiger partial charge in [-0.2, -0.15) is 10.1 Å². The monoisotopic (exact) mass is 249 g/mol. The van der Waals surface area contributed by atoms with E-state index in [4.69, 9.17) is 4.52 Å². The van der Waals surface area contributed by atoms with E-state index in [9.17, 15) is 4.79 Å². The molecule has 0 atom stereocenters. The third-order valence-corrected chi connectivity index (χ3v) is 2.43. The van der Waals surface area contributed by atoms with E-state index in [1.165, 1.54) is 0 Å². The van der Waals surface area contributed by atoms with Crippen molar-refractivity contribution < 1.29 is 9.32 Å². The number of carbonyl (C=O) groups is 1. The van der Waals surface area contributed by atoms with Crippen LogP contribution in [0.25, 0.3) is 0 Å². The molecule has 0 aliphatic rings. The third-order valence-electron chi connectivity index (χ3n) is 2.43. The lowest BCUT2D eigenvalue weighted by molar-refractivity contribution is 0.0908. The van der Waals surface area contributed by atoms with Crippen molar-refractivity contribution in [3.05, 3.63) is 29.2 Å². The van der Waals surface area contributed by atoms with Gasteiger partial charge in [0.25, 0.3) is 0 Å². The van der Waals surface area contributed by atoms with Crippen LogP contribution in [0, 0.1) is 20.8 Å². The zero-order chi connectivity index (χ0) is 13.1. The maximum atomic E-state index is 11.6. The first-order chi connectivity index (χ1) is 8.56. The molecule has 0 unspecified atom stereocenters. The first-order valence-corrected chi connectivity index (χ1v) is 5.66. The van der Waals surface area contributed by atoms with E-state index in [1.54, 1.807) is 6.92 Å². The molecule has 0 fully saturated rings. The Labute approximate surface area is 104 Å². The fourth-order valence-corrected chi connectivity index (χ4v) is 1.64. The highest BCUT2D eigenvalue weighted by molar-refractivity contribution is 5.89. The van der Waals surface area contributed by atoms with Crippen LogP contribution in [0.5, 0.6) is 0 Å². The van der Waals surface area contributed by atoms with Crippen molar-refractivity contribution in [1.82, 2.24) is 25.2 Å². The molecule has 2 aromatic heterocycles. The molecule has 2 rings (SSSR count). The first-order valence-electron chi connectivity index (χ1n) is 5.66. The van der Waals surface area contributed by atoms with Crippen molar-refractivity contribution in [3.63, 3.8) is 0 Å². The molecule has 2 aromatic rings. The van der Waals surface area contributed by atoms with Gasteiger partial charge in [0.15, 0.2) is 5.82 Å². The Morgan fingerprint density at radius 1 is 1.44 bits per heavy atom. The maximum absolute atomic E-state index is 11.6. The van der Waals surface area contributed by atoms with Crippen LogP contribution < -0.4 is 5.32 Å². The molecule has 0 spiro atoms. The highest BCUT2D eigenvalue weighted by atomic mass is 16.5. The molecule has 0 saturated heterocycles. The van der Waals surface area contributed by atoms with Gasteiger partial charge < -0.3 is 9.84 Å². The summed E-state index contributed by atoms with van der Waals surface area (Å²) >= 11 is 0. The minimum absolute atomic E-state index is 0.0131. The first kappa shape index (κ1) is 12.3. The molecule has 0 aliphatic heterocycles. The number of aromatic nitrogens is 4. The van der Waals surface area contributed by atoms with Crippen molar-refractivity contribution in [2.24, 2.45) is 0 Å². The predicted octanol–water partition coefficient (Wildman–Crippen LogP) is 0.621. The van der Waals surface area contributed by atoms with Gasteiger partial charge in [-0.05, 0) is 26.8 Å². The van der Waals surface area contributed by atoms with Crippen LogP contribution in [0.4, 0.5) is 0 Å². The van der Waals surface area contributed by atoms with Crippen LogP contribution in [0.15, 0.2) is 10.6 Å². The number of nitrogens with zero attached hydrogens (tertiary/aromatic N) is 4. The molecule has 2 heterocycles. The second-order valence-electron chi connectivity index (χ2n) is 4.05. The molecule has 18 heavy (non-hydrogen) atoms. The summed E-state index contributed by atoms with van der Waals surface area (Å²) in [6.07, 6.45) is 0. The van der Waals surface area contributed by atoms with Gasteiger partial charge in [0, 0.05) is 12.2 Å². The minimum atomic E-state index is -0.364. The zero-order valence-electron chi connectivity index (χ0n) is 10.6. The zero-order valence-corrected chi connectivity index (χ0v) is 10.6. The average molecular weight is 249 g/mol. The second kappa shape index (κ2) is 4.99. The SMILES string of the molecule is Cc1cc(C)n(CCNC(=O)c2nc(C)no2)n1. The van der Waals surface area contributed by atoms with Crippen LogP contribution in [0.2, 0.25) is 0 Å². The van der Waals surface area contributed by atoms with Gasteiger partial charge in [-0.15, -0.1) is 0 Å². The van der Waals surface area contributed by atoms with E-state index < -0.39 is 0 Å². The summed E-state index contributed by atoms with van der Waals surface area (Å²) in [7, 11) is 0. The van der Waals surface area contributed by atoms with Crippen molar-refractivity contribution >= 4 is 5.91 Å². The van der Waals surface area contributed by atoms with E-state index in [0.29, 0.717) is 18.9 Å². The molecule has 1 amide bonds. The number of carbonyl (C=O) groups excluding carboxylic acids is 1. The Morgan fingerprint density at radius 3 is 2.78 bits per heavy atom. The normalized spacial score (nSPS) is 10.6. The summed E-state index contributed by atoms with van der Waals surface area (Å²) < 4.78 is 6.60. The Balaban J connectivity index is 1.85. The summed E-state index contributed by atoms with van der Waals surface area (Å²) in [5.41, 5.74) is 2.03. The van der Waals surface area contributed by atoms with E-state index in [1.807, 2.05) is 24.6 Å². The second-order valence-corrected chi connectivity index (χ2v) is 4.05. The molecule has 7 nitrogen and oxygen atoms in total. The van der Waals surface area contributed by atoms with Gasteiger partial charge in [0.05, 0.1) is 12.2 Å². The van der Waals surface area contributed by atoms with E-state index >= 15 is 0 Å². The minimum Gasteiger partial charge on any atom is -0.346 e. The van der Waals surface area contributed by atoms with E-state index in [2.05, 4.69) is 20.6 Å². The lowest BCUT2D eigenvalue weighted by atomic mass is 10.4. The molecule has 0 saturated carbocycles. The van der Waals surface area contributed by atoms with Crippen molar-refractivity contribution in [2.45, 2.75) is 27.3 Å². The quantitative estimate of drug-likeness (QED) is 0.858. The molecule has 96 valence electrons. The summed E-state index contributed by atoms with van der Waals surface area (Å²) in [5.74, 6) is 0.0664. The highest BCUT2D eigenvalue weighted by Gasteiger charge is 2.12. The van der Waals surface area contributed by atoms with Gasteiger partial charge in [-0.25, -0.2) is 0 Å². The van der Waals surface area contributed by atoms with E-state index in [0.717, 1.165) is 11.4 Å². The molecular formula is C11H15N5O2. The lowest BCUT2D eigenvalue weighted by Crippen LogP contribution is -2.28. The topological polar surface area (TPSA) is 85.8 Å². The average Bonchev–Trinajstić information content (AvgIpc) is 2.86. The maximum Gasteiger partial charge on any atom is 0.315 e. The van der Waals surface area contributed by atoms with Gasteiger partial charge in [0.2, 0.25) is 0 Å². The molecule has 0 bridgehead atoms. The van der Waals surface area contributed by atoms with Gasteiger partial charge in [-0.3, -0.25) is 9.48 Å². The molecule has 1 N–H and O–H groups in total. The number of nitrogens with one attached hydrogen (secondary N) is 1. The number of rotatable bonds is 4. The number of amides is 1. The van der Waals surface area contributed by atoms with Crippen molar-refractivity contribution in [3.8, 4) is 0 Å². The molecule has 0 aliphatic carbocycles. The van der Waals surface area contributed by atoms with Gasteiger partial charge in [0.1, 0.15) is 0 Å². The van der Waals surface area contributed by atoms with Crippen molar-refractivity contribution in [2.75, 3.05) is 6.54 Å². The Morgan fingerprint density at radius 2 is 2.22 bits per heavy atom. The highest BCUT2D eigenvalue weighted by Crippen LogP contribution is 2.01. The third kappa shape index (κ3) is 2.73. The smallest absolute Gasteiger partial charge is 0.315 e. The number of hydrogen-bond acceptors (Lipinski definition) is 5. The lowest BCUT2D eigenvalue weighted by Gasteiger charge is -2.04. The van der Waals surface area contributed by atoms with Crippen LogP contribution in [0.3, 0.4) is 0 Å². The van der Waals surface area contributed by atoms with Crippen LogP contribution in [-0.2, 0) is 6.54 Å². The van der Waals surface area contributed by atoms with Crippen molar-refractivity contribution in [1.29, 1.82) is 0 Å². The molecule has 0 radical (unpaired) electrons. The largest absolute Gasteiger partial charge is 0.346 e. The fraction of sp³-hybridized carbons (Fsp3) is 0.455. The van der Waals surface area contributed by atoms with Crippen LogP contribution in [-0.4, -0.2) is 32.4 Å². The Bertz CT molecular complexity index is 558. The fourth-order valence-electron chi connectivity index (χ4n) is 1.64. The van der Waals surface area contributed by atoms with E-state index in [-0.39, 0.29) is 11.8 Å². The molecular weight excluding hydrogens is 234 g/mol. The van der Waals surface area contributed by atoms with Crippen LogP contribution in [0.1, 0.15) is 27.9 Å². The number of aryl methyl sites for hydroxylation is 3. The Hall–Kier alpha value is -2.18. The van der Waals surface area contributed by atoms with Gasteiger partial charge in [-0.1, -0.05) is 5.16 Å². The summed E-state index contributed by atoms with van der Waals surface area (Å²) in [6.45, 7) is 6.64. The standard InChI is InChI=1S/C11H15N5O2/c1-7-6-8(2)16(14-7)5-4-12-10(17)11-13-9(3)15-18-11/h6H,4-5H2,1-3H3,(H,12,17). The summed E-state index contributed by atoms with van der Waals surface area (Å²) in [5, 5.41) is 10.6. The molecule has 7 heteroatoms. The van der Waals surface area contributed by atoms with Crippen LogP contribution >= 0.6 is 0 Å².